The molecule has 0 spiro atoms. The number of aromatic nitrogens is 1. The fraction of sp³-hybridized carbons (Fsp3) is 0.133. The Morgan fingerprint density at radius 2 is 1.91 bits per heavy atom. The largest absolute Gasteiger partial charge is 0.338 e. The number of benzene rings is 1. The maximum atomic E-state index is 11.7. The zero-order chi connectivity index (χ0) is 16.7. The van der Waals surface area contributed by atoms with E-state index in [9.17, 15) is 9.59 Å². The summed E-state index contributed by atoms with van der Waals surface area (Å²) in [5.41, 5.74) is 6.09. The van der Waals surface area contributed by atoms with Crippen LogP contribution in [0.2, 0.25) is 5.15 Å². The summed E-state index contributed by atoms with van der Waals surface area (Å²) in [5.74, 6) is -0.125. The number of pyridine rings is 1. The van der Waals surface area contributed by atoms with Gasteiger partial charge in [0, 0.05) is 11.1 Å². The fourth-order valence-electron chi connectivity index (χ4n) is 1.58. The molecule has 8 heteroatoms. The number of hydrazine groups is 1. The Balaban J connectivity index is 1.72. The van der Waals surface area contributed by atoms with Crippen LogP contribution in [0.1, 0.15) is 5.56 Å². The molecule has 0 radical (unpaired) electrons. The molecule has 0 bridgehead atoms. The van der Waals surface area contributed by atoms with Crippen molar-refractivity contribution in [2.45, 2.75) is 11.8 Å². The number of nitrogens with zero attached hydrogens (tertiary/aromatic N) is 1. The van der Waals surface area contributed by atoms with Crippen molar-refractivity contribution in [2.75, 3.05) is 11.1 Å². The van der Waals surface area contributed by atoms with Crippen LogP contribution < -0.4 is 16.2 Å². The van der Waals surface area contributed by atoms with Crippen molar-refractivity contribution in [3.63, 3.8) is 0 Å². The van der Waals surface area contributed by atoms with E-state index in [4.69, 9.17) is 11.6 Å². The summed E-state index contributed by atoms with van der Waals surface area (Å²) in [6.07, 6.45) is 1.51. The summed E-state index contributed by atoms with van der Waals surface area (Å²) in [7, 11) is 0. The summed E-state index contributed by atoms with van der Waals surface area (Å²) < 4.78 is 0. The predicted molar refractivity (Wildman–Crippen MR) is 91.4 cm³/mol. The van der Waals surface area contributed by atoms with Crippen molar-refractivity contribution in [1.29, 1.82) is 0 Å². The summed E-state index contributed by atoms with van der Waals surface area (Å²) in [6.45, 7) is 2.00. The van der Waals surface area contributed by atoms with Crippen molar-refractivity contribution < 1.29 is 9.59 Å². The molecule has 3 N–H and O–H groups in total. The number of carbonyl (C=O) groups excluding carboxylic acids is 2. The zero-order valence-electron chi connectivity index (χ0n) is 12.3. The van der Waals surface area contributed by atoms with Gasteiger partial charge in [-0.25, -0.2) is 15.2 Å². The topological polar surface area (TPSA) is 83.1 Å². The molecular weight excluding hydrogens is 336 g/mol. The van der Waals surface area contributed by atoms with Crippen molar-refractivity contribution in [1.82, 2.24) is 15.8 Å². The van der Waals surface area contributed by atoms with Crippen LogP contribution in [0, 0.1) is 6.92 Å². The lowest BCUT2D eigenvalue weighted by Crippen LogP contribution is -2.44. The monoisotopic (exact) mass is 350 g/mol. The molecule has 0 saturated carbocycles. The Morgan fingerprint density at radius 1 is 1.17 bits per heavy atom. The van der Waals surface area contributed by atoms with Crippen LogP contribution in [0.4, 0.5) is 10.5 Å². The smallest absolute Gasteiger partial charge is 0.304 e. The highest BCUT2D eigenvalue weighted by Gasteiger charge is 2.07. The summed E-state index contributed by atoms with van der Waals surface area (Å²) in [4.78, 5) is 28.2. The molecule has 23 heavy (non-hydrogen) atoms. The van der Waals surface area contributed by atoms with Gasteiger partial charge in [-0.1, -0.05) is 29.3 Å². The lowest BCUT2D eigenvalue weighted by atomic mass is 10.2. The van der Waals surface area contributed by atoms with Crippen LogP contribution in [0.3, 0.4) is 0 Å². The van der Waals surface area contributed by atoms with Crippen LogP contribution in [-0.4, -0.2) is 22.7 Å². The quantitative estimate of drug-likeness (QED) is 0.449. The van der Waals surface area contributed by atoms with Gasteiger partial charge in [0.1, 0.15) is 0 Å². The second-order valence-corrected chi connectivity index (χ2v) is 5.98. The molecule has 1 heterocycles. The van der Waals surface area contributed by atoms with Gasteiger partial charge in [0.05, 0.1) is 11.4 Å². The van der Waals surface area contributed by atoms with Crippen molar-refractivity contribution in [2.24, 2.45) is 0 Å². The second-order valence-electron chi connectivity index (χ2n) is 4.57. The third-order valence-electron chi connectivity index (χ3n) is 2.71. The average molecular weight is 351 g/mol. The van der Waals surface area contributed by atoms with E-state index in [1.54, 1.807) is 12.1 Å². The minimum Gasteiger partial charge on any atom is -0.304 e. The van der Waals surface area contributed by atoms with E-state index < -0.39 is 6.03 Å². The number of carbonyl (C=O) groups is 2. The first-order chi connectivity index (χ1) is 11.0. The van der Waals surface area contributed by atoms with Crippen LogP contribution in [0.15, 0.2) is 47.5 Å². The standard InChI is InChI=1S/C15H15ClN4O2S/c1-10-4-6-11(7-5-10)23-9-13(21)19-20-15(22)18-12-3-2-8-17-14(12)16/h2-8H,9H2,1H3,(H,19,21)(H2,18,20,22). The Kier molecular flexibility index (Phi) is 6.25. The number of anilines is 1. The SMILES string of the molecule is Cc1ccc(SCC(=O)NNC(=O)Nc2cccnc2Cl)cc1. The molecular formula is C15H15ClN4O2S. The van der Waals surface area contributed by atoms with Crippen molar-refractivity contribution in [3.8, 4) is 0 Å². The van der Waals surface area contributed by atoms with E-state index in [-0.39, 0.29) is 16.8 Å². The number of thioether (sulfide) groups is 1. The third kappa shape index (κ3) is 5.80. The van der Waals surface area contributed by atoms with Crippen LogP contribution in [0.25, 0.3) is 0 Å². The first-order valence-electron chi connectivity index (χ1n) is 6.70. The van der Waals surface area contributed by atoms with Gasteiger partial charge in [-0.05, 0) is 31.2 Å². The van der Waals surface area contributed by atoms with Gasteiger partial charge in [0.15, 0.2) is 5.15 Å². The van der Waals surface area contributed by atoms with Gasteiger partial charge in [0.2, 0.25) is 5.91 Å². The molecule has 2 aromatic rings. The summed E-state index contributed by atoms with van der Waals surface area (Å²) in [5, 5.41) is 2.65. The molecule has 2 rings (SSSR count). The zero-order valence-corrected chi connectivity index (χ0v) is 13.9. The minimum absolute atomic E-state index is 0.170. The van der Waals surface area contributed by atoms with Crippen molar-refractivity contribution >= 4 is 41.0 Å². The lowest BCUT2D eigenvalue weighted by molar-refractivity contribution is -0.119. The number of hydrogen-bond donors (Lipinski definition) is 3. The molecule has 0 saturated heterocycles. The van der Waals surface area contributed by atoms with Crippen LogP contribution in [0.5, 0.6) is 0 Å². The van der Waals surface area contributed by atoms with Crippen molar-refractivity contribution in [3.05, 3.63) is 53.3 Å². The highest BCUT2D eigenvalue weighted by Crippen LogP contribution is 2.18. The maximum absolute atomic E-state index is 11.7. The van der Waals surface area contributed by atoms with Gasteiger partial charge >= 0.3 is 6.03 Å². The first-order valence-corrected chi connectivity index (χ1v) is 8.07. The molecule has 0 atom stereocenters. The number of urea groups is 1. The fourth-order valence-corrected chi connectivity index (χ4v) is 2.44. The Morgan fingerprint density at radius 3 is 2.61 bits per heavy atom. The number of rotatable bonds is 4. The normalized spacial score (nSPS) is 10.0. The highest BCUT2D eigenvalue weighted by atomic mass is 35.5. The van der Waals surface area contributed by atoms with Crippen LogP contribution in [-0.2, 0) is 4.79 Å². The molecule has 0 fully saturated rings. The molecule has 0 aliphatic carbocycles. The summed E-state index contributed by atoms with van der Waals surface area (Å²) in [6, 6.07) is 10.5. The molecule has 0 unspecified atom stereocenters. The minimum atomic E-state index is -0.603. The molecule has 1 aromatic carbocycles. The van der Waals surface area contributed by atoms with E-state index in [0.29, 0.717) is 5.69 Å². The molecule has 0 aliphatic rings. The molecule has 3 amide bonds. The van der Waals surface area contributed by atoms with Gasteiger partial charge in [-0.3, -0.25) is 10.2 Å². The average Bonchev–Trinajstić information content (AvgIpc) is 2.54. The van der Waals surface area contributed by atoms with E-state index in [1.807, 2.05) is 31.2 Å². The van der Waals surface area contributed by atoms with Gasteiger partial charge in [-0.2, -0.15) is 0 Å². The number of aryl methyl sites for hydroxylation is 1. The number of amides is 3. The Hall–Kier alpha value is -2.25. The Labute approximate surface area is 143 Å². The predicted octanol–water partition coefficient (Wildman–Crippen LogP) is 2.99. The molecule has 1 aromatic heterocycles. The van der Waals surface area contributed by atoms with Gasteiger partial charge < -0.3 is 5.32 Å². The second kappa shape index (κ2) is 8.40. The molecule has 0 aliphatic heterocycles. The highest BCUT2D eigenvalue weighted by molar-refractivity contribution is 8.00. The van der Waals surface area contributed by atoms with E-state index >= 15 is 0 Å². The van der Waals surface area contributed by atoms with Gasteiger partial charge in [0.25, 0.3) is 0 Å². The summed E-state index contributed by atoms with van der Waals surface area (Å²) >= 11 is 7.20. The first kappa shape index (κ1) is 17.1. The maximum Gasteiger partial charge on any atom is 0.338 e. The number of halogens is 1. The number of hydrogen-bond acceptors (Lipinski definition) is 4. The van der Waals surface area contributed by atoms with E-state index in [2.05, 4.69) is 21.2 Å². The van der Waals surface area contributed by atoms with Crippen LogP contribution >= 0.6 is 23.4 Å². The molecule has 120 valence electrons. The van der Waals surface area contributed by atoms with Gasteiger partial charge in [-0.15, -0.1) is 11.8 Å². The van der Waals surface area contributed by atoms with E-state index in [1.165, 1.54) is 18.0 Å². The van der Waals surface area contributed by atoms with E-state index in [0.717, 1.165) is 10.5 Å². The lowest BCUT2D eigenvalue weighted by Gasteiger charge is -2.09. The number of nitrogens with one attached hydrogen (secondary N) is 3. The Bertz CT molecular complexity index is 694. The molecule has 6 nitrogen and oxygen atoms in total. The third-order valence-corrected chi connectivity index (χ3v) is 4.03.